The summed E-state index contributed by atoms with van der Waals surface area (Å²) >= 11 is 0. The molecule has 0 saturated carbocycles. The molecule has 0 aromatic heterocycles. The number of carboxylic acids is 2. The van der Waals surface area contributed by atoms with Gasteiger partial charge in [-0.3, -0.25) is 9.59 Å². The van der Waals surface area contributed by atoms with Crippen molar-refractivity contribution in [2.45, 2.75) is 20.3 Å². The van der Waals surface area contributed by atoms with E-state index in [1.165, 1.54) is 19.9 Å². The van der Waals surface area contributed by atoms with Gasteiger partial charge in [-0.1, -0.05) is 24.3 Å². The number of carboxylic acid groups (broad SMARTS) is 2. The standard InChI is InChI=1S/C11H14O4/c1-7-5-4-6-10(2,8(12)13)11(7,3)9(14)15/h4,6H,1,5H2,2-3H3,(H,12,13)(H,14,15). The first kappa shape index (κ1) is 11.5. The fourth-order valence-corrected chi connectivity index (χ4v) is 1.83. The van der Waals surface area contributed by atoms with E-state index in [9.17, 15) is 14.7 Å². The molecular formula is C11H14O4. The Morgan fingerprint density at radius 2 is 1.87 bits per heavy atom. The minimum atomic E-state index is -1.45. The van der Waals surface area contributed by atoms with Crippen LogP contribution in [0.1, 0.15) is 20.3 Å². The van der Waals surface area contributed by atoms with Crippen molar-refractivity contribution in [2.75, 3.05) is 0 Å². The largest absolute Gasteiger partial charge is 0.481 e. The average molecular weight is 210 g/mol. The Kier molecular flexibility index (Phi) is 2.47. The summed E-state index contributed by atoms with van der Waals surface area (Å²) in [5.74, 6) is -2.30. The third-order valence-corrected chi connectivity index (χ3v) is 3.43. The van der Waals surface area contributed by atoms with E-state index in [0.29, 0.717) is 12.0 Å². The van der Waals surface area contributed by atoms with Gasteiger partial charge in [-0.2, -0.15) is 0 Å². The SMILES string of the molecule is C=C1CC=CC(C)(C(=O)O)C1(C)C(=O)O. The van der Waals surface area contributed by atoms with Crippen molar-refractivity contribution in [2.24, 2.45) is 10.8 Å². The van der Waals surface area contributed by atoms with Crippen LogP contribution >= 0.6 is 0 Å². The highest BCUT2D eigenvalue weighted by Crippen LogP contribution is 2.49. The molecule has 1 rings (SSSR count). The molecule has 82 valence electrons. The van der Waals surface area contributed by atoms with Crippen LogP contribution in [0, 0.1) is 10.8 Å². The van der Waals surface area contributed by atoms with Gasteiger partial charge in [0, 0.05) is 0 Å². The predicted octanol–water partition coefficient (Wildman–Crippen LogP) is 1.68. The van der Waals surface area contributed by atoms with E-state index in [2.05, 4.69) is 6.58 Å². The van der Waals surface area contributed by atoms with Gasteiger partial charge < -0.3 is 10.2 Å². The van der Waals surface area contributed by atoms with Crippen molar-refractivity contribution >= 4 is 11.9 Å². The third kappa shape index (κ3) is 1.28. The number of rotatable bonds is 2. The lowest BCUT2D eigenvalue weighted by atomic mass is 9.58. The normalized spacial score (nSPS) is 35.2. The number of hydrogen-bond acceptors (Lipinski definition) is 2. The van der Waals surface area contributed by atoms with Gasteiger partial charge in [0.25, 0.3) is 0 Å². The van der Waals surface area contributed by atoms with Crippen LogP contribution in [0.5, 0.6) is 0 Å². The minimum absolute atomic E-state index is 0.408. The minimum Gasteiger partial charge on any atom is -0.481 e. The van der Waals surface area contributed by atoms with Crippen LogP contribution in [0.4, 0.5) is 0 Å². The van der Waals surface area contributed by atoms with Gasteiger partial charge in [0.05, 0.1) is 0 Å². The van der Waals surface area contributed by atoms with Crippen molar-refractivity contribution in [3.63, 3.8) is 0 Å². The highest BCUT2D eigenvalue weighted by atomic mass is 16.4. The molecule has 1 aliphatic carbocycles. The summed E-state index contributed by atoms with van der Waals surface area (Å²) in [5, 5.41) is 18.3. The molecule has 2 N–H and O–H groups in total. The van der Waals surface area contributed by atoms with Crippen LogP contribution in [0.25, 0.3) is 0 Å². The van der Waals surface area contributed by atoms with Crippen LogP contribution < -0.4 is 0 Å². The van der Waals surface area contributed by atoms with Crippen molar-refractivity contribution < 1.29 is 19.8 Å². The van der Waals surface area contributed by atoms with Crippen molar-refractivity contribution in [3.05, 3.63) is 24.3 Å². The van der Waals surface area contributed by atoms with Gasteiger partial charge in [0.2, 0.25) is 0 Å². The quantitative estimate of drug-likeness (QED) is 0.680. The lowest BCUT2D eigenvalue weighted by Gasteiger charge is -2.42. The predicted molar refractivity (Wildman–Crippen MR) is 54.4 cm³/mol. The molecule has 2 atom stereocenters. The molecule has 0 radical (unpaired) electrons. The number of carbonyl (C=O) groups is 2. The molecule has 0 spiro atoms. The van der Waals surface area contributed by atoms with Crippen LogP contribution in [-0.2, 0) is 9.59 Å². The zero-order valence-electron chi connectivity index (χ0n) is 8.78. The molecule has 0 fully saturated rings. The smallest absolute Gasteiger partial charge is 0.314 e. The van der Waals surface area contributed by atoms with Crippen molar-refractivity contribution in [1.82, 2.24) is 0 Å². The summed E-state index contributed by atoms with van der Waals surface area (Å²) in [6.07, 6.45) is 3.50. The van der Waals surface area contributed by atoms with Gasteiger partial charge in [0.15, 0.2) is 0 Å². The molecule has 0 heterocycles. The summed E-state index contributed by atoms with van der Waals surface area (Å²) in [6.45, 7) is 6.49. The summed E-state index contributed by atoms with van der Waals surface area (Å²) in [6, 6.07) is 0. The number of hydrogen-bond donors (Lipinski definition) is 2. The Morgan fingerprint density at radius 1 is 1.33 bits per heavy atom. The molecule has 0 aliphatic heterocycles. The second-order valence-electron chi connectivity index (χ2n) is 4.15. The van der Waals surface area contributed by atoms with Crippen LogP contribution in [0.15, 0.2) is 24.3 Å². The van der Waals surface area contributed by atoms with Gasteiger partial charge >= 0.3 is 11.9 Å². The Morgan fingerprint density at radius 3 is 2.20 bits per heavy atom. The molecule has 4 heteroatoms. The lowest BCUT2D eigenvalue weighted by Crippen LogP contribution is -2.50. The maximum atomic E-state index is 11.2. The van der Waals surface area contributed by atoms with Crippen LogP contribution in [-0.4, -0.2) is 22.2 Å². The lowest BCUT2D eigenvalue weighted by molar-refractivity contribution is -0.164. The zero-order chi connectivity index (χ0) is 11.9. The Bertz CT molecular complexity index is 369. The second kappa shape index (κ2) is 3.22. The molecular weight excluding hydrogens is 196 g/mol. The highest BCUT2D eigenvalue weighted by molar-refractivity contribution is 5.90. The van der Waals surface area contributed by atoms with E-state index in [1.54, 1.807) is 6.08 Å². The molecule has 0 aromatic carbocycles. The first-order valence-electron chi connectivity index (χ1n) is 4.59. The van der Waals surface area contributed by atoms with E-state index < -0.39 is 22.8 Å². The van der Waals surface area contributed by atoms with Crippen molar-refractivity contribution in [3.8, 4) is 0 Å². The highest BCUT2D eigenvalue weighted by Gasteiger charge is 2.56. The van der Waals surface area contributed by atoms with E-state index in [4.69, 9.17) is 5.11 Å². The molecule has 0 amide bonds. The Labute approximate surface area is 87.9 Å². The molecule has 0 bridgehead atoms. The molecule has 0 aromatic rings. The van der Waals surface area contributed by atoms with Crippen LogP contribution in [0.3, 0.4) is 0 Å². The Hall–Kier alpha value is -1.58. The second-order valence-corrected chi connectivity index (χ2v) is 4.15. The maximum absolute atomic E-state index is 11.2. The van der Waals surface area contributed by atoms with Gasteiger partial charge in [-0.05, 0) is 20.3 Å². The van der Waals surface area contributed by atoms with E-state index >= 15 is 0 Å². The fraction of sp³-hybridized carbons (Fsp3) is 0.455. The van der Waals surface area contributed by atoms with E-state index in [1.807, 2.05) is 0 Å². The molecule has 0 saturated heterocycles. The first-order chi connectivity index (χ1) is 6.76. The average Bonchev–Trinajstić information content (AvgIpc) is 2.13. The fourth-order valence-electron chi connectivity index (χ4n) is 1.83. The van der Waals surface area contributed by atoms with Gasteiger partial charge in [-0.25, -0.2) is 0 Å². The zero-order valence-corrected chi connectivity index (χ0v) is 8.78. The molecule has 4 nitrogen and oxygen atoms in total. The topological polar surface area (TPSA) is 74.6 Å². The summed E-state index contributed by atoms with van der Waals surface area (Å²) in [7, 11) is 0. The summed E-state index contributed by atoms with van der Waals surface area (Å²) < 4.78 is 0. The van der Waals surface area contributed by atoms with Crippen LogP contribution in [0.2, 0.25) is 0 Å². The molecule has 15 heavy (non-hydrogen) atoms. The number of aliphatic carboxylic acids is 2. The number of allylic oxidation sites excluding steroid dienone is 1. The third-order valence-electron chi connectivity index (χ3n) is 3.43. The van der Waals surface area contributed by atoms with E-state index in [0.717, 1.165) is 0 Å². The van der Waals surface area contributed by atoms with E-state index in [-0.39, 0.29) is 0 Å². The molecule has 1 aliphatic rings. The van der Waals surface area contributed by atoms with Gasteiger partial charge in [0.1, 0.15) is 10.8 Å². The van der Waals surface area contributed by atoms with Gasteiger partial charge in [-0.15, -0.1) is 0 Å². The summed E-state index contributed by atoms with van der Waals surface area (Å²) in [4.78, 5) is 22.4. The first-order valence-corrected chi connectivity index (χ1v) is 4.59. The Balaban J connectivity index is 3.43. The maximum Gasteiger partial charge on any atom is 0.314 e. The monoisotopic (exact) mass is 210 g/mol. The summed E-state index contributed by atoms with van der Waals surface area (Å²) in [5.41, 5.74) is -2.47. The van der Waals surface area contributed by atoms with Crippen molar-refractivity contribution in [1.29, 1.82) is 0 Å². The molecule has 2 unspecified atom stereocenters.